The van der Waals surface area contributed by atoms with Crippen LogP contribution in [0.2, 0.25) is 0 Å². The molecule has 1 saturated heterocycles. The van der Waals surface area contributed by atoms with Gasteiger partial charge in [0.05, 0.1) is 0 Å². The van der Waals surface area contributed by atoms with Crippen LogP contribution in [0.15, 0.2) is 24.3 Å². The third-order valence-corrected chi connectivity index (χ3v) is 3.79. The van der Waals surface area contributed by atoms with E-state index < -0.39 is 0 Å². The highest BCUT2D eigenvalue weighted by atomic mass is 19.1. The number of anilines is 1. The highest BCUT2D eigenvalue weighted by Crippen LogP contribution is 2.15. The molecule has 0 aromatic heterocycles. The predicted octanol–water partition coefficient (Wildman–Crippen LogP) is 3.07. The summed E-state index contributed by atoms with van der Waals surface area (Å²) in [5, 5.41) is 6.12. The van der Waals surface area contributed by atoms with Gasteiger partial charge >= 0.3 is 6.03 Å². The lowest BCUT2D eigenvalue weighted by molar-refractivity contribution is 0.192. The fourth-order valence-corrected chi connectivity index (χ4v) is 2.69. The van der Waals surface area contributed by atoms with Crippen molar-refractivity contribution >= 4 is 11.7 Å². The van der Waals surface area contributed by atoms with Crippen LogP contribution >= 0.6 is 0 Å². The van der Waals surface area contributed by atoms with Crippen molar-refractivity contribution in [1.82, 2.24) is 10.2 Å². The highest BCUT2D eigenvalue weighted by molar-refractivity contribution is 5.89. The molecule has 1 aliphatic rings. The maximum atomic E-state index is 13.2. The lowest BCUT2D eigenvalue weighted by atomic mass is 9.97. The van der Waals surface area contributed by atoms with Gasteiger partial charge in [0, 0.05) is 18.8 Å². The van der Waals surface area contributed by atoms with Crippen LogP contribution in [0, 0.1) is 11.7 Å². The number of hydrogen-bond acceptors (Lipinski definition) is 2. The first-order valence-electron chi connectivity index (χ1n) is 7.71. The standard InChI is InChI=1S/C16H24FN3O/c1-2-10-20(12-13-6-8-18-9-7-13)16(21)19-15-5-3-4-14(17)11-15/h3-5,11,13,18H,2,6-10,12H2,1H3,(H,19,21). The zero-order valence-electron chi connectivity index (χ0n) is 12.6. The number of halogens is 1. The van der Waals surface area contributed by atoms with Gasteiger partial charge < -0.3 is 15.5 Å². The maximum absolute atomic E-state index is 13.2. The van der Waals surface area contributed by atoms with Gasteiger partial charge in [-0.25, -0.2) is 9.18 Å². The number of carbonyl (C=O) groups excluding carboxylic acids is 1. The summed E-state index contributed by atoms with van der Waals surface area (Å²) in [5.74, 6) is 0.212. The van der Waals surface area contributed by atoms with Crippen molar-refractivity contribution in [3.05, 3.63) is 30.1 Å². The number of amides is 2. The number of hydrogen-bond donors (Lipinski definition) is 2. The van der Waals surface area contributed by atoms with Gasteiger partial charge in [-0.05, 0) is 56.5 Å². The number of nitrogens with zero attached hydrogens (tertiary/aromatic N) is 1. The van der Waals surface area contributed by atoms with E-state index in [1.165, 1.54) is 12.1 Å². The topological polar surface area (TPSA) is 44.4 Å². The number of nitrogens with one attached hydrogen (secondary N) is 2. The molecule has 5 heteroatoms. The fraction of sp³-hybridized carbons (Fsp3) is 0.562. The molecule has 1 fully saturated rings. The third kappa shape index (κ3) is 5.01. The summed E-state index contributed by atoms with van der Waals surface area (Å²) >= 11 is 0. The summed E-state index contributed by atoms with van der Waals surface area (Å²) in [4.78, 5) is 14.2. The molecular formula is C16H24FN3O. The molecule has 0 bridgehead atoms. The van der Waals surface area contributed by atoms with Crippen molar-refractivity contribution < 1.29 is 9.18 Å². The van der Waals surface area contributed by atoms with Gasteiger partial charge in [0.25, 0.3) is 0 Å². The molecule has 2 rings (SSSR count). The predicted molar refractivity (Wildman–Crippen MR) is 82.9 cm³/mol. The van der Waals surface area contributed by atoms with E-state index in [2.05, 4.69) is 17.6 Å². The number of urea groups is 1. The zero-order chi connectivity index (χ0) is 15.1. The Balaban J connectivity index is 1.94. The van der Waals surface area contributed by atoms with Crippen LogP contribution in [0.25, 0.3) is 0 Å². The van der Waals surface area contributed by atoms with Crippen molar-refractivity contribution in [2.75, 3.05) is 31.5 Å². The molecular weight excluding hydrogens is 269 g/mol. The molecule has 21 heavy (non-hydrogen) atoms. The van der Waals surface area contributed by atoms with Gasteiger partial charge in [-0.15, -0.1) is 0 Å². The van der Waals surface area contributed by atoms with Crippen molar-refractivity contribution in [2.24, 2.45) is 5.92 Å². The van der Waals surface area contributed by atoms with E-state index in [-0.39, 0.29) is 11.8 Å². The van der Waals surface area contributed by atoms with Crippen LogP contribution in [-0.4, -0.2) is 37.1 Å². The number of rotatable bonds is 5. The first-order valence-corrected chi connectivity index (χ1v) is 7.71. The smallest absolute Gasteiger partial charge is 0.321 e. The van der Waals surface area contributed by atoms with E-state index in [1.807, 2.05) is 4.90 Å². The molecule has 1 heterocycles. The SMILES string of the molecule is CCCN(CC1CCNCC1)C(=O)Nc1cccc(F)c1. The van der Waals surface area contributed by atoms with Crippen LogP contribution in [-0.2, 0) is 0 Å². The summed E-state index contributed by atoms with van der Waals surface area (Å²) in [6, 6.07) is 5.87. The van der Waals surface area contributed by atoms with E-state index >= 15 is 0 Å². The van der Waals surface area contributed by atoms with Gasteiger partial charge in [-0.1, -0.05) is 13.0 Å². The summed E-state index contributed by atoms with van der Waals surface area (Å²) in [5.41, 5.74) is 0.506. The van der Waals surface area contributed by atoms with Crippen molar-refractivity contribution in [3.63, 3.8) is 0 Å². The molecule has 1 aliphatic heterocycles. The van der Waals surface area contributed by atoms with Crippen LogP contribution < -0.4 is 10.6 Å². The van der Waals surface area contributed by atoms with E-state index in [0.717, 1.165) is 45.4 Å². The second-order valence-corrected chi connectivity index (χ2v) is 5.58. The lowest BCUT2D eigenvalue weighted by Crippen LogP contribution is -2.41. The van der Waals surface area contributed by atoms with Crippen LogP contribution in [0.3, 0.4) is 0 Å². The summed E-state index contributed by atoms with van der Waals surface area (Å²) in [7, 11) is 0. The molecule has 0 radical (unpaired) electrons. The minimum Gasteiger partial charge on any atom is -0.324 e. The Morgan fingerprint density at radius 3 is 2.86 bits per heavy atom. The molecule has 2 amide bonds. The van der Waals surface area contributed by atoms with Crippen molar-refractivity contribution in [3.8, 4) is 0 Å². The normalized spacial score (nSPS) is 15.7. The molecule has 2 N–H and O–H groups in total. The van der Waals surface area contributed by atoms with Gasteiger partial charge in [0.1, 0.15) is 5.82 Å². The van der Waals surface area contributed by atoms with Crippen LogP contribution in [0.4, 0.5) is 14.9 Å². The monoisotopic (exact) mass is 293 g/mol. The average Bonchev–Trinajstić information content (AvgIpc) is 2.48. The molecule has 0 unspecified atom stereocenters. The number of carbonyl (C=O) groups is 1. The Kier molecular flexibility index (Phi) is 5.99. The lowest BCUT2D eigenvalue weighted by Gasteiger charge is -2.30. The zero-order valence-corrected chi connectivity index (χ0v) is 12.6. The second kappa shape index (κ2) is 7.98. The summed E-state index contributed by atoms with van der Waals surface area (Å²) in [6.07, 6.45) is 3.13. The van der Waals surface area contributed by atoms with Gasteiger partial charge in [0.15, 0.2) is 0 Å². The Labute approximate surface area is 125 Å². The maximum Gasteiger partial charge on any atom is 0.321 e. The van der Waals surface area contributed by atoms with E-state index in [4.69, 9.17) is 0 Å². The Morgan fingerprint density at radius 1 is 1.43 bits per heavy atom. The van der Waals surface area contributed by atoms with E-state index in [9.17, 15) is 9.18 Å². The van der Waals surface area contributed by atoms with Gasteiger partial charge in [-0.2, -0.15) is 0 Å². The number of piperidine rings is 1. The van der Waals surface area contributed by atoms with E-state index in [0.29, 0.717) is 11.6 Å². The molecule has 116 valence electrons. The fourth-order valence-electron chi connectivity index (χ4n) is 2.69. The van der Waals surface area contributed by atoms with Gasteiger partial charge in [0.2, 0.25) is 0 Å². The molecule has 1 aromatic carbocycles. The first kappa shape index (κ1) is 15.8. The molecule has 1 aromatic rings. The Hall–Kier alpha value is -1.62. The Morgan fingerprint density at radius 2 is 2.19 bits per heavy atom. The van der Waals surface area contributed by atoms with Gasteiger partial charge in [-0.3, -0.25) is 0 Å². The minimum atomic E-state index is -0.340. The largest absolute Gasteiger partial charge is 0.324 e. The van der Waals surface area contributed by atoms with Crippen molar-refractivity contribution in [2.45, 2.75) is 26.2 Å². The average molecular weight is 293 g/mol. The summed E-state index contributed by atoms with van der Waals surface area (Å²) in [6.45, 7) is 5.61. The Bertz CT molecular complexity index is 461. The molecule has 4 nitrogen and oxygen atoms in total. The molecule has 0 aliphatic carbocycles. The van der Waals surface area contributed by atoms with Crippen molar-refractivity contribution in [1.29, 1.82) is 0 Å². The summed E-state index contributed by atoms with van der Waals surface area (Å²) < 4.78 is 13.2. The van der Waals surface area contributed by atoms with Crippen LogP contribution in [0.1, 0.15) is 26.2 Å². The first-order chi connectivity index (χ1) is 10.2. The molecule has 0 saturated carbocycles. The second-order valence-electron chi connectivity index (χ2n) is 5.58. The van der Waals surface area contributed by atoms with E-state index in [1.54, 1.807) is 12.1 Å². The quantitative estimate of drug-likeness (QED) is 0.876. The molecule has 0 atom stereocenters. The third-order valence-electron chi connectivity index (χ3n) is 3.79. The minimum absolute atomic E-state index is 0.138. The highest BCUT2D eigenvalue weighted by Gasteiger charge is 2.20. The molecule has 0 spiro atoms. The number of benzene rings is 1. The van der Waals surface area contributed by atoms with Crippen LogP contribution in [0.5, 0.6) is 0 Å².